The minimum Gasteiger partial charge on any atom is -0.469 e. The Morgan fingerprint density at radius 2 is 0.955 bits per heavy atom. The second-order valence-corrected chi connectivity index (χ2v) is 6.28. The Morgan fingerprint density at radius 1 is 0.636 bits per heavy atom. The number of hydrogen-bond donors (Lipinski definition) is 0. The highest BCUT2D eigenvalue weighted by atomic mass is 27.0. The van der Waals surface area contributed by atoms with Crippen molar-refractivity contribution in [2.45, 2.75) is 110 Å². The average molecular weight is 329 g/mol. The molecule has 0 atom stereocenters. The Labute approximate surface area is 149 Å². The van der Waals surface area contributed by atoms with Crippen LogP contribution < -0.4 is 0 Å². The summed E-state index contributed by atoms with van der Waals surface area (Å²) in [7, 11) is 1.47. The van der Waals surface area contributed by atoms with E-state index >= 15 is 0 Å². The van der Waals surface area contributed by atoms with Gasteiger partial charge in [0.05, 0.1) is 7.11 Å². The Morgan fingerprint density at radius 3 is 1.27 bits per heavy atom. The Hall–Kier alpha value is 0.00247. The first-order chi connectivity index (χ1) is 10.3. The molecule has 3 heteroatoms. The van der Waals surface area contributed by atoms with Crippen molar-refractivity contribution in [1.29, 1.82) is 0 Å². The molecule has 0 N–H and O–H groups in total. The van der Waals surface area contributed by atoms with Crippen molar-refractivity contribution >= 4 is 23.3 Å². The molecule has 22 heavy (non-hydrogen) atoms. The summed E-state index contributed by atoms with van der Waals surface area (Å²) < 4.78 is 4.63. The van der Waals surface area contributed by atoms with Crippen molar-refractivity contribution in [2.75, 3.05) is 7.11 Å². The molecule has 0 aliphatic rings. The number of methoxy groups -OCH3 is 1. The van der Waals surface area contributed by atoms with Crippen molar-refractivity contribution in [3.8, 4) is 0 Å². The molecule has 0 aromatic heterocycles. The summed E-state index contributed by atoms with van der Waals surface area (Å²) in [4.78, 5) is 10.9. The third-order valence-corrected chi connectivity index (χ3v) is 4.21. The van der Waals surface area contributed by atoms with E-state index in [1.54, 1.807) is 0 Å². The number of carbonyl (C=O) groups excluding carboxylic acids is 1. The quantitative estimate of drug-likeness (QED) is 0.220. The van der Waals surface area contributed by atoms with Gasteiger partial charge >= 0.3 is 5.97 Å². The highest BCUT2D eigenvalue weighted by Gasteiger charge is 1.99. The molecule has 0 amide bonds. The van der Waals surface area contributed by atoms with Crippen LogP contribution in [0, 0.1) is 0 Å². The summed E-state index contributed by atoms with van der Waals surface area (Å²) in [6, 6.07) is 0. The largest absolute Gasteiger partial charge is 0.469 e. The third kappa shape index (κ3) is 20.0. The lowest BCUT2D eigenvalue weighted by molar-refractivity contribution is -0.140. The second kappa shape index (κ2) is 21.0. The van der Waals surface area contributed by atoms with Gasteiger partial charge in [-0.25, -0.2) is 0 Å². The standard InChI is InChI=1S/C19H38O2.Al.3H/c1-3-4-5-6-7-8-9-10-11-12-13-14-15-16-17-18-19(20)21-2;;;;/h3-18H2,1-2H3;;;;. The van der Waals surface area contributed by atoms with Crippen LogP contribution >= 0.6 is 0 Å². The fourth-order valence-electron chi connectivity index (χ4n) is 2.74. The zero-order valence-corrected chi connectivity index (χ0v) is 14.6. The monoisotopic (exact) mass is 328 g/mol. The summed E-state index contributed by atoms with van der Waals surface area (Å²) in [6.07, 6.45) is 20.9. The molecule has 132 valence electrons. The highest BCUT2D eigenvalue weighted by Crippen LogP contribution is 2.13. The number of carbonyl (C=O) groups is 1. The van der Waals surface area contributed by atoms with Crippen LogP contribution in [0.2, 0.25) is 0 Å². The predicted octanol–water partition coefficient (Wildman–Crippen LogP) is 5.24. The molecule has 0 radical (unpaired) electrons. The fraction of sp³-hybridized carbons (Fsp3) is 0.947. The lowest BCUT2D eigenvalue weighted by Gasteiger charge is -2.03. The van der Waals surface area contributed by atoms with E-state index in [1.165, 1.54) is 97.0 Å². The van der Waals surface area contributed by atoms with Crippen molar-refractivity contribution in [3.63, 3.8) is 0 Å². The van der Waals surface area contributed by atoms with Gasteiger partial charge in [-0.3, -0.25) is 4.79 Å². The average Bonchev–Trinajstić information content (AvgIpc) is 2.50. The van der Waals surface area contributed by atoms with Gasteiger partial charge in [-0.05, 0) is 6.42 Å². The lowest BCUT2D eigenvalue weighted by Crippen LogP contribution is -1.99. The zero-order valence-electron chi connectivity index (χ0n) is 14.6. The van der Waals surface area contributed by atoms with Crippen molar-refractivity contribution in [3.05, 3.63) is 0 Å². The van der Waals surface area contributed by atoms with Crippen LogP contribution in [0.5, 0.6) is 0 Å². The van der Waals surface area contributed by atoms with E-state index in [1.807, 2.05) is 0 Å². The molecule has 0 unspecified atom stereocenters. The van der Waals surface area contributed by atoms with Crippen LogP contribution in [0.3, 0.4) is 0 Å². The SMILES string of the molecule is CCCCCCCCCCCCCCCCCC(=O)OC.[AlH3]. The van der Waals surface area contributed by atoms with Gasteiger partial charge in [0.1, 0.15) is 0 Å². The Balaban J connectivity index is 0. The van der Waals surface area contributed by atoms with Gasteiger partial charge in [0.25, 0.3) is 0 Å². The molecule has 0 spiro atoms. The molecular weight excluding hydrogens is 287 g/mol. The van der Waals surface area contributed by atoms with Gasteiger partial charge in [-0.15, -0.1) is 0 Å². The van der Waals surface area contributed by atoms with Crippen LogP contribution in [-0.4, -0.2) is 30.4 Å². The number of ether oxygens (including phenoxy) is 1. The third-order valence-electron chi connectivity index (χ3n) is 4.21. The molecule has 2 nitrogen and oxygen atoms in total. The van der Waals surface area contributed by atoms with E-state index < -0.39 is 0 Å². The molecule has 0 aliphatic heterocycles. The van der Waals surface area contributed by atoms with Crippen molar-refractivity contribution in [2.24, 2.45) is 0 Å². The zero-order chi connectivity index (χ0) is 15.6. The second-order valence-electron chi connectivity index (χ2n) is 6.28. The first-order valence-electron chi connectivity index (χ1n) is 9.38. The normalized spacial score (nSPS) is 10.3. The first kappa shape index (κ1) is 24.3. The maximum Gasteiger partial charge on any atom is 0.305 e. The summed E-state index contributed by atoms with van der Waals surface area (Å²) in [5, 5.41) is 0. The molecule has 0 saturated heterocycles. The maximum atomic E-state index is 10.9. The number of hydrogen-bond acceptors (Lipinski definition) is 2. The van der Waals surface area contributed by atoms with Crippen LogP contribution in [-0.2, 0) is 9.53 Å². The van der Waals surface area contributed by atoms with Gasteiger partial charge in [0, 0.05) is 6.42 Å². The number of esters is 1. The lowest BCUT2D eigenvalue weighted by atomic mass is 10.0. The van der Waals surface area contributed by atoms with E-state index in [2.05, 4.69) is 11.7 Å². The number of rotatable bonds is 16. The minimum absolute atomic E-state index is 0. The summed E-state index contributed by atoms with van der Waals surface area (Å²) in [5.74, 6) is -0.0651. The van der Waals surface area contributed by atoms with Gasteiger partial charge in [-0.2, -0.15) is 0 Å². The molecule has 0 rings (SSSR count). The molecule has 0 bridgehead atoms. The summed E-state index contributed by atoms with van der Waals surface area (Å²) in [5.41, 5.74) is 0. The van der Waals surface area contributed by atoms with Gasteiger partial charge in [0.15, 0.2) is 17.4 Å². The topological polar surface area (TPSA) is 26.3 Å². The van der Waals surface area contributed by atoms with Crippen LogP contribution in [0.1, 0.15) is 110 Å². The van der Waals surface area contributed by atoms with Crippen LogP contribution in [0.4, 0.5) is 0 Å². The Bertz CT molecular complexity index is 219. The highest BCUT2D eigenvalue weighted by molar-refractivity contribution is 5.75. The van der Waals surface area contributed by atoms with E-state index in [0.29, 0.717) is 6.42 Å². The minimum atomic E-state index is -0.0651. The number of unbranched alkanes of at least 4 members (excludes halogenated alkanes) is 14. The Kier molecular flexibility index (Phi) is 23.2. The first-order valence-corrected chi connectivity index (χ1v) is 9.38. The van der Waals surface area contributed by atoms with Crippen molar-refractivity contribution < 1.29 is 9.53 Å². The smallest absolute Gasteiger partial charge is 0.305 e. The summed E-state index contributed by atoms with van der Waals surface area (Å²) in [6.45, 7) is 2.28. The molecule has 0 aliphatic carbocycles. The molecule has 0 heterocycles. The molecule has 0 aromatic carbocycles. The molecule has 0 saturated carbocycles. The van der Waals surface area contributed by atoms with Crippen LogP contribution in [0.15, 0.2) is 0 Å². The fourth-order valence-corrected chi connectivity index (χ4v) is 2.74. The molecule has 0 fully saturated rings. The summed E-state index contributed by atoms with van der Waals surface area (Å²) >= 11 is 0. The molecule has 0 aromatic rings. The maximum absolute atomic E-state index is 10.9. The van der Waals surface area contributed by atoms with E-state index in [0.717, 1.165) is 6.42 Å². The van der Waals surface area contributed by atoms with Gasteiger partial charge in [-0.1, -0.05) is 96.8 Å². The van der Waals surface area contributed by atoms with E-state index in [-0.39, 0.29) is 23.3 Å². The molecular formula is C19H41AlO2. The van der Waals surface area contributed by atoms with Crippen molar-refractivity contribution in [1.82, 2.24) is 0 Å². The predicted molar refractivity (Wildman–Crippen MR) is 102 cm³/mol. The van der Waals surface area contributed by atoms with E-state index in [4.69, 9.17) is 0 Å². The van der Waals surface area contributed by atoms with E-state index in [9.17, 15) is 4.79 Å². The van der Waals surface area contributed by atoms with Gasteiger partial charge in [0.2, 0.25) is 0 Å². The van der Waals surface area contributed by atoms with Crippen LogP contribution in [0.25, 0.3) is 0 Å². The van der Waals surface area contributed by atoms with Gasteiger partial charge < -0.3 is 4.74 Å².